The molecule has 0 radical (unpaired) electrons. The molecule has 0 fully saturated rings. The molecule has 0 aliphatic heterocycles. The lowest BCUT2D eigenvalue weighted by atomic mass is 10.1. The fraction of sp³-hybridized carbons (Fsp3) is 0.167. The molecule has 4 aromatic rings. The van der Waals surface area contributed by atoms with Crippen molar-refractivity contribution in [2.24, 2.45) is 0 Å². The van der Waals surface area contributed by atoms with E-state index in [9.17, 15) is 4.79 Å². The Kier molecular flexibility index (Phi) is 6.43. The summed E-state index contributed by atoms with van der Waals surface area (Å²) in [6, 6.07) is 21.9. The lowest BCUT2D eigenvalue weighted by Gasteiger charge is -2.12. The Labute approximate surface area is 185 Å². The first kappa shape index (κ1) is 20.8. The fourth-order valence-corrected chi connectivity index (χ4v) is 3.89. The monoisotopic (exact) mass is 429 g/mol. The molecule has 0 bridgehead atoms. The number of pyridine rings is 1. The van der Waals surface area contributed by atoms with Gasteiger partial charge in [-0.15, -0.1) is 10.2 Å². The van der Waals surface area contributed by atoms with Gasteiger partial charge in [0.15, 0.2) is 11.0 Å². The molecule has 0 aliphatic rings. The van der Waals surface area contributed by atoms with Gasteiger partial charge >= 0.3 is 0 Å². The molecular weight excluding hydrogens is 406 g/mol. The van der Waals surface area contributed by atoms with E-state index >= 15 is 0 Å². The van der Waals surface area contributed by atoms with Gasteiger partial charge < -0.3 is 5.32 Å². The first-order valence-corrected chi connectivity index (χ1v) is 11.0. The van der Waals surface area contributed by atoms with Crippen molar-refractivity contribution in [1.82, 2.24) is 25.1 Å². The number of carbonyl (C=O) groups is 1. The van der Waals surface area contributed by atoms with Gasteiger partial charge in [-0.25, -0.2) is 0 Å². The zero-order valence-corrected chi connectivity index (χ0v) is 18.3. The van der Waals surface area contributed by atoms with Crippen molar-refractivity contribution in [2.75, 3.05) is 5.75 Å². The number of nitrogens with zero attached hydrogens (tertiary/aromatic N) is 4. The van der Waals surface area contributed by atoms with Gasteiger partial charge in [0.25, 0.3) is 0 Å². The highest BCUT2D eigenvalue weighted by Crippen LogP contribution is 2.28. The maximum Gasteiger partial charge on any atom is 0.230 e. The molecule has 0 unspecified atom stereocenters. The number of nitrogens with one attached hydrogen (secondary N) is 1. The Morgan fingerprint density at radius 3 is 2.52 bits per heavy atom. The smallest absolute Gasteiger partial charge is 0.230 e. The quantitative estimate of drug-likeness (QED) is 0.442. The molecule has 6 nitrogen and oxygen atoms in total. The first-order valence-electron chi connectivity index (χ1n) is 9.99. The number of carbonyl (C=O) groups excluding carboxylic acids is 1. The van der Waals surface area contributed by atoms with E-state index in [1.165, 1.54) is 22.9 Å². The van der Waals surface area contributed by atoms with E-state index in [1.807, 2.05) is 53.1 Å². The third-order valence-corrected chi connectivity index (χ3v) is 5.87. The highest BCUT2D eigenvalue weighted by atomic mass is 32.2. The van der Waals surface area contributed by atoms with Gasteiger partial charge in [-0.3, -0.25) is 14.3 Å². The summed E-state index contributed by atoms with van der Waals surface area (Å²) in [6.45, 7) is 4.58. The average molecular weight is 430 g/mol. The fourth-order valence-electron chi connectivity index (χ4n) is 3.11. The molecule has 2 aromatic heterocycles. The van der Waals surface area contributed by atoms with Gasteiger partial charge in [-0.05, 0) is 49.2 Å². The molecule has 0 saturated carbocycles. The summed E-state index contributed by atoms with van der Waals surface area (Å²) in [5, 5.41) is 12.4. The molecule has 2 aromatic carbocycles. The van der Waals surface area contributed by atoms with Crippen LogP contribution >= 0.6 is 11.8 Å². The minimum Gasteiger partial charge on any atom is -0.350 e. The van der Waals surface area contributed by atoms with Crippen LogP contribution in [0.25, 0.3) is 17.1 Å². The third-order valence-electron chi connectivity index (χ3n) is 4.94. The maximum absolute atomic E-state index is 12.4. The third kappa shape index (κ3) is 5.00. The molecule has 1 amide bonds. The van der Waals surface area contributed by atoms with Crippen molar-refractivity contribution in [2.45, 2.75) is 25.5 Å². The highest BCUT2D eigenvalue weighted by Gasteiger charge is 2.17. The average Bonchev–Trinajstić information content (AvgIpc) is 3.23. The van der Waals surface area contributed by atoms with Crippen LogP contribution in [0.4, 0.5) is 0 Å². The van der Waals surface area contributed by atoms with E-state index in [0.717, 1.165) is 22.8 Å². The summed E-state index contributed by atoms with van der Waals surface area (Å²) in [4.78, 5) is 16.6. The molecule has 31 heavy (non-hydrogen) atoms. The Bertz CT molecular complexity index is 1180. The van der Waals surface area contributed by atoms with Crippen molar-refractivity contribution in [1.29, 1.82) is 0 Å². The van der Waals surface area contributed by atoms with Crippen LogP contribution in [0.5, 0.6) is 0 Å². The van der Waals surface area contributed by atoms with Crippen molar-refractivity contribution in [3.8, 4) is 17.1 Å². The Morgan fingerprint density at radius 1 is 0.968 bits per heavy atom. The van der Waals surface area contributed by atoms with Crippen LogP contribution < -0.4 is 5.32 Å². The van der Waals surface area contributed by atoms with Crippen molar-refractivity contribution in [3.63, 3.8) is 0 Å². The second-order valence-corrected chi connectivity index (χ2v) is 8.11. The van der Waals surface area contributed by atoms with Gasteiger partial charge in [0.1, 0.15) is 0 Å². The lowest BCUT2D eigenvalue weighted by molar-refractivity contribution is -0.118. The Balaban J connectivity index is 1.56. The van der Waals surface area contributed by atoms with Crippen LogP contribution in [0.3, 0.4) is 0 Å². The van der Waals surface area contributed by atoms with E-state index < -0.39 is 0 Å². The summed E-state index contributed by atoms with van der Waals surface area (Å²) in [5.74, 6) is 0.914. The summed E-state index contributed by atoms with van der Waals surface area (Å²) < 4.78 is 2.01. The molecule has 0 spiro atoms. The molecule has 4 rings (SSSR count). The number of hydrogen-bond donors (Lipinski definition) is 1. The highest BCUT2D eigenvalue weighted by molar-refractivity contribution is 7.99. The van der Waals surface area contributed by atoms with Gasteiger partial charge in [0.05, 0.1) is 23.7 Å². The number of benzene rings is 2. The van der Waals surface area contributed by atoms with Crippen molar-refractivity contribution in [3.05, 3.63) is 89.7 Å². The first-order chi connectivity index (χ1) is 15.1. The maximum atomic E-state index is 12.4. The molecule has 156 valence electrons. The molecule has 0 atom stereocenters. The standard InChI is InChI=1S/C24H23N5OS/c1-17-11-12-21(14-18(17)2)29-23(19-8-4-3-5-9-19)27-28-24(29)31-16-22(30)26-15-20-10-6-7-13-25-20/h3-14H,15-16H2,1-2H3,(H,26,30). The van der Waals surface area contributed by atoms with E-state index in [-0.39, 0.29) is 11.7 Å². The van der Waals surface area contributed by atoms with Crippen LogP contribution in [0, 0.1) is 13.8 Å². The Hall–Kier alpha value is -3.45. The van der Waals surface area contributed by atoms with E-state index in [1.54, 1.807) is 6.20 Å². The molecule has 2 heterocycles. The number of aryl methyl sites for hydroxylation is 2. The second-order valence-electron chi connectivity index (χ2n) is 7.16. The lowest BCUT2D eigenvalue weighted by Crippen LogP contribution is -2.25. The predicted molar refractivity (Wildman–Crippen MR) is 123 cm³/mol. The van der Waals surface area contributed by atoms with Crippen LogP contribution in [0.1, 0.15) is 16.8 Å². The SMILES string of the molecule is Cc1ccc(-n2c(SCC(=O)NCc3ccccn3)nnc2-c2ccccc2)cc1C. The molecule has 7 heteroatoms. The molecular formula is C24H23N5OS. The Morgan fingerprint density at radius 2 is 1.77 bits per heavy atom. The van der Waals surface area contributed by atoms with E-state index in [4.69, 9.17) is 0 Å². The number of rotatable bonds is 7. The largest absolute Gasteiger partial charge is 0.350 e. The summed E-state index contributed by atoms with van der Waals surface area (Å²) in [6.07, 6.45) is 1.72. The van der Waals surface area contributed by atoms with Crippen LogP contribution in [-0.2, 0) is 11.3 Å². The van der Waals surface area contributed by atoms with E-state index in [0.29, 0.717) is 11.7 Å². The number of amides is 1. The summed E-state index contributed by atoms with van der Waals surface area (Å²) >= 11 is 1.37. The van der Waals surface area contributed by atoms with Gasteiger partial charge in [0, 0.05) is 11.8 Å². The van der Waals surface area contributed by atoms with Crippen LogP contribution in [0.2, 0.25) is 0 Å². The normalized spacial score (nSPS) is 10.8. The van der Waals surface area contributed by atoms with Crippen LogP contribution in [0.15, 0.2) is 78.1 Å². The number of hydrogen-bond acceptors (Lipinski definition) is 5. The number of thioether (sulfide) groups is 1. The predicted octanol–water partition coefficient (Wildman–Crippen LogP) is 4.35. The van der Waals surface area contributed by atoms with Crippen LogP contribution in [-0.4, -0.2) is 31.4 Å². The number of aromatic nitrogens is 4. The van der Waals surface area contributed by atoms with Gasteiger partial charge in [-0.2, -0.15) is 0 Å². The molecule has 1 N–H and O–H groups in total. The zero-order valence-electron chi connectivity index (χ0n) is 17.4. The van der Waals surface area contributed by atoms with Crippen molar-refractivity contribution >= 4 is 17.7 Å². The van der Waals surface area contributed by atoms with Gasteiger partial charge in [0.2, 0.25) is 5.91 Å². The summed E-state index contributed by atoms with van der Waals surface area (Å²) in [7, 11) is 0. The van der Waals surface area contributed by atoms with Gasteiger partial charge in [-0.1, -0.05) is 54.2 Å². The zero-order chi connectivity index (χ0) is 21.6. The molecule has 0 saturated heterocycles. The molecule has 0 aliphatic carbocycles. The second kappa shape index (κ2) is 9.57. The summed E-state index contributed by atoms with van der Waals surface area (Å²) in [5.41, 5.74) is 5.18. The minimum atomic E-state index is -0.0773. The van der Waals surface area contributed by atoms with Crippen molar-refractivity contribution < 1.29 is 4.79 Å². The van der Waals surface area contributed by atoms with E-state index in [2.05, 4.69) is 52.5 Å². The minimum absolute atomic E-state index is 0.0773. The topological polar surface area (TPSA) is 72.7 Å².